The maximum absolute atomic E-state index is 12.5. The highest BCUT2D eigenvalue weighted by molar-refractivity contribution is 5.76. The SMILES string of the molecule is CC(C)(C)c1cc(CCC(=O)N2CCCCC2)cc(C(C)(C)C)c1O. The van der Waals surface area contributed by atoms with Gasteiger partial charge in [0.1, 0.15) is 5.75 Å². The average Bonchev–Trinajstić information content (AvgIpc) is 2.52. The number of benzene rings is 1. The Morgan fingerprint density at radius 1 is 0.960 bits per heavy atom. The lowest BCUT2D eigenvalue weighted by Crippen LogP contribution is -2.35. The summed E-state index contributed by atoms with van der Waals surface area (Å²) in [5.41, 5.74) is 2.84. The summed E-state index contributed by atoms with van der Waals surface area (Å²) < 4.78 is 0. The van der Waals surface area contributed by atoms with Crippen LogP contribution in [0.15, 0.2) is 12.1 Å². The third-order valence-electron chi connectivity index (χ3n) is 5.12. The van der Waals surface area contributed by atoms with Gasteiger partial charge in [-0.25, -0.2) is 0 Å². The minimum atomic E-state index is -0.128. The molecule has 1 aliphatic rings. The molecule has 0 aromatic heterocycles. The van der Waals surface area contributed by atoms with Crippen LogP contribution in [0.4, 0.5) is 0 Å². The van der Waals surface area contributed by atoms with Crippen molar-refractivity contribution in [2.75, 3.05) is 13.1 Å². The predicted octanol–water partition coefficient (Wildman–Crippen LogP) is 4.93. The van der Waals surface area contributed by atoms with E-state index in [2.05, 4.69) is 53.7 Å². The van der Waals surface area contributed by atoms with Gasteiger partial charge in [0, 0.05) is 19.5 Å². The molecule has 0 spiro atoms. The third kappa shape index (κ3) is 4.99. The van der Waals surface area contributed by atoms with Crippen LogP contribution in [-0.2, 0) is 22.0 Å². The Bertz CT molecular complexity index is 579. The number of nitrogens with zero attached hydrogens (tertiary/aromatic N) is 1. The normalized spacial score (nSPS) is 16.2. The zero-order valence-corrected chi connectivity index (χ0v) is 16.9. The van der Waals surface area contributed by atoms with E-state index in [1.54, 1.807) is 0 Å². The molecule has 3 heteroatoms. The van der Waals surface area contributed by atoms with Crippen LogP contribution in [0.2, 0.25) is 0 Å². The number of carbonyl (C=O) groups is 1. The number of carbonyl (C=O) groups excluding carboxylic acids is 1. The zero-order chi connectivity index (χ0) is 18.8. The van der Waals surface area contributed by atoms with Gasteiger partial charge in [0.15, 0.2) is 0 Å². The highest BCUT2D eigenvalue weighted by atomic mass is 16.3. The van der Waals surface area contributed by atoms with Crippen molar-refractivity contribution in [1.29, 1.82) is 0 Å². The van der Waals surface area contributed by atoms with Crippen molar-refractivity contribution in [2.45, 2.75) is 84.5 Å². The lowest BCUT2D eigenvalue weighted by Gasteiger charge is -2.29. The van der Waals surface area contributed by atoms with Crippen LogP contribution < -0.4 is 0 Å². The van der Waals surface area contributed by atoms with E-state index in [1.165, 1.54) is 6.42 Å². The quantitative estimate of drug-likeness (QED) is 0.843. The summed E-state index contributed by atoms with van der Waals surface area (Å²) >= 11 is 0. The second-order valence-electron chi connectivity index (χ2n) is 9.48. The summed E-state index contributed by atoms with van der Waals surface area (Å²) in [4.78, 5) is 14.5. The zero-order valence-electron chi connectivity index (χ0n) is 16.9. The lowest BCUT2D eigenvalue weighted by molar-refractivity contribution is -0.132. The van der Waals surface area contributed by atoms with Gasteiger partial charge in [-0.05, 0) is 53.2 Å². The van der Waals surface area contributed by atoms with Crippen molar-refractivity contribution < 1.29 is 9.90 Å². The number of aryl methyl sites for hydroxylation is 1. The summed E-state index contributed by atoms with van der Waals surface area (Å²) in [6, 6.07) is 4.18. The molecule has 1 amide bonds. The van der Waals surface area contributed by atoms with E-state index in [4.69, 9.17) is 0 Å². The number of rotatable bonds is 3. The molecule has 1 N–H and O–H groups in total. The van der Waals surface area contributed by atoms with E-state index in [0.29, 0.717) is 12.2 Å². The van der Waals surface area contributed by atoms with Crippen molar-refractivity contribution in [3.8, 4) is 5.75 Å². The second-order valence-corrected chi connectivity index (χ2v) is 9.48. The molecule has 0 aliphatic carbocycles. The molecule has 1 fully saturated rings. The first-order valence-corrected chi connectivity index (χ1v) is 9.65. The van der Waals surface area contributed by atoms with Gasteiger partial charge >= 0.3 is 0 Å². The minimum absolute atomic E-state index is 0.128. The van der Waals surface area contributed by atoms with Gasteiger partial charge in [0.25, 0.3) is 0 Å². The van der Waals surface area contributed by atoms with Crippen molar-refractivity contribution in [3.05, 3.63) is 28.8 Å². The van der Waals surface area contributed by atoms with Gasteiger partial charge in [0.2, 0.25) is 5.91 Å². The number of hydrogen-bond acceptors (Lipinski definition) is 2. The Balaban J connectivity index is 2.23. The van der Waals surface area contributed by atoms with Gasteiger partial charge < -0.3 is 10.0 Å². The van der Waals surface area contributed by atoms with Gasteiger partial charge in [-0.3, -0.25) is 4.79 Å². The Hall–Kier alpha value is -1.51. The van der Waals surface area contributed by atoms with Crippen LogP contribution in [0, 0.1) is 0 Å². The number of phenols is 1. The molecule has 0 saturated carbocycles. The molecular weight excluding hydrogens is 310 g/mol. The second kappa shape index (κ2) is 7.39. The number of hydrogen-bond donors (Lipinski definition) is 1. The fraction of sp³-hybridized carbons (Fsp3) is 0.682. The molecular formula is C22H35NO2. The van der Waals surface area contributed by atoms with Crippen LogP contribution in [0.1, 0.15) is 83.9 Å². The van der Waals surface area contributed by atoms with E-state index in [1.807, 2.05) is 4.90 Å². The van der Waals surface area contributed by atoms with Crippen LogP contribution in [-0.4, -0.2) is 29.0 Å². The molecule has 2 rings (SSSR count). The average molecular weight is 346 g/mol. The molecule has 0 bridgehead atoms. The predicted molar refractivity (Wildman–Crippen MR) is 104 cm³/mol. The van der Waals surface area contributed by atoms with Crippen molar-refractivity contribution in [1.82, 2.24) is 4.90 Å². The standard InChI is InChI=1S/C22H35NO2/c1-21(2,3)17-14-16(15-18(20(17)25)22(4,5)6)10-11-19(24)23-12-8-7-9-13-23/h14-15,25H,7-13H2,1-6H3. The molecule has 0 unspecified atom stereocenters. The molecule has 3 nitrogen and oxygen atoms in total. The molecule has 1 aromatic carbocycles. The molecule has 25 heavy (non-hydrogen) atoms. The van der Waals surface area contributed by atoms with Crippen LogP contribution in [0.5, 0.6) is 5.75 Å². The monoisotopic (exact) mass is 345 g/mol. The Kier molecular flexibility index (Phi) is 5.86. The molecule has 140 valence electrons. The van der Waals surface area contributed by atoms with Gasteiger partial charge in [-0.1, -0.05) is 53.7 Å². The first-order chi connectivity index (χ1) is 11.5. The maximum atomic E-state index is 12.5. The van der Waals surface area contributed by atoms with Crippen LogP contribution >= 0.6 is 0 Å². The van der Waals surface area contributed by atoms with Crippen LogP contribution in [0.25, 0.3) is 0 Å². The first kappa shape index (κ1) is 19.8. The Morgan fingerprint density at radius 2 is 1.44 bits per heavy atom. The van der Waals surface area contributed by atoms with Gasteiger partial charge in [-0.2, -0.15) is 0 Å². The van der Waals surface area contributed by atoms with Crippen molar-refractivity contribution in [2.24, 2.45) is 0 Å². The summed E-state index contributed by atoms with van der Waals surface area (Å²) in [6.45, 7) is 14.6. The van der Waals surface area contributed by atoms with E-state index in [9.17, 15) is 9.90 Å². The van der Waals surface area contributed by atoms with Crippen molar-refractivity contribution >= 4 is 5.91 Å². The molecule has 1 aliphatic heterocycles. The van der Waals surface area contributed by atoms with E-state index < -0.39 is 0 Å². The smallest absolute Gasteiger partial charge is 0.222 e. The Morgan fingerprint density at radius 3 is 1.88 bits per heavy atom. The molecule has 0 atom stereocenters. The summed E-state index contributed by atoms with van der Waals surface area (Å²) in [7, 11) is 0. The first-order valence-electron chi connectivity index (χ1n) is 9.65. The summed E-state index contributed by atoms with van der Waals surface area (Å²) in [5, 5.41) is 10.8. The fourth-order valence-corrected chi connectivity index (χ4v) is 3.53. The molecule has 1 heterocycles. The highest BCUT2D eigenvalue weighted by Crippen LogP contribution is 2.40. The number of phenolic OH excluding ortho intramolecular Hbond substituents is 1. The minimum Gasteiger partial charge on any atom is -0.507 e. The lowest BCUT2D eigenvalue weighted by atomic mass is 9.78. The summed E-state index contributed by atoms with van der Waals surface area (Å²) in [6.07, 6.45) is 4.80. The summed E-state index contributed by atoms with van der Waals surface area (Å²) in [5.74, 6) is 0.675. The molecule has 1 aromatic rings. The third-order valence-corrected chi connectivity index (χ3v) is 5.12. The molecule has 0 radical (unpaired) electrons. The maximum Gasteiger partial charge on any atom is 0.222 e. The van der Waals surface area contributed by atoms with Gasteiger partial charge in [-0.15, -0.1) is 0 Å². The number of aromatic hydroxyl groups is 1. The number of amides is 1. The topological polar surface area (TPSA) is 40.5 Å². The largest absolute Gasteiger partial charge is 0.507 e. The van der Waals surface area contributed by atoms with Crippen molar-refractivity contribution in [3.63, 3.8) is 0 Å². The Labute approximate surface area is 153 Å². The molecule has 1 saturated heterocycles. The van der Waals surface area contributed by atoms with E-state index >= 15 is 0 Å². The van der Waals surface area contributed by atoms with E-state index in [-0.39, 0.29) is 16.7 Å². The number of piperidine rings is 1. The van der Waals surface area contributed by atoms with Crippen LogP contribution in [0.3, 0.4) is 0 Å². The van der Waals surface area contributed by atoms with E-state index in [0.717, 1.165) is 49.0 Å². The number of likely N-dealkylation sites (tertiary alicyclic amines) is 1. The van der Waals surface area contributed by atoms with Gasteiger partial charge in [0.05, 0.1) is 0 Å². The fourth-order valence-electron chi connectivity index (χ4n) is 3.53. The highest BCUT2D eigenvalue weighted by Gasteiger charge is 2.26.